The quantitative estimate of drug-likeness (QED) is 0.0259. The molecule has 2 atom stereocenters. The van der Waals surface area contributed by atoms with Gasteiger partial charge in [-0.3, -0.25) is 14.2 Å². The van der Waals surface area contributed by atoms with E-state index < -0.39 is 26.5 Å². The third-order valence-electron chi connectivity index (χ3n) is 10.4. The number of hydrogen-bond acceptors (Lipinski definition) is 8. The predicted octanol–water partition coefficient (Wildman–Crippen LogP) is 12.6. The van der Waals surface area contributed by atoms with Gasteiger partial charge in [0.25, 0.3) is 7.82 Å². The molecule has 1 unspecified atom stereocenters. The Bertz CT molecular complexity index is 912. The molecule has 328 valence electrons. The number of carbonyl (C=O) groups is 2. The number of ether oxygens (including phenoxy) is 2. The fourth-order valence-corrected chi connectivity index (χ4v) is 7.44. The number of nitrogens with zero attached hydrogens (tertiary/aromatic N) is 1. The van der Waals surface area contributed by atoms with Crippen LogP contribution in [0.1, 0.15) is 226 Å². The Morgan fingerprint density at radius 3 is 1.16 bits per heavy atom. The molecule has 0 amide bonds. The van der Waals surface area contributed by atoms with Crippen molar-refractivity contribution >= 4 is 19.8 Å². The minimum absolute atomic E-state index is 0.0258. The summed E-state index contributed by atoms with van der Waals surface area (Å²) in [5.74, 6) is -0.821. The molecule has 0 saturated heterocycles. The van der Waals surface area contributed by atoms with Gasteiger partial charge < -0.3 is 27.9 Å². The number of esters is 2. The number of phosphoric acid groups is 1. The Balaban J connectivity index is 4.15. The first kappa shape index (κ1) is 54.0. The van der Waals surface area contributed by atoms with E-state index in [1.54, 1.807) is 0 Å². The number of likely N-dealkylation sites (N-methyl/N-ethyl adjacent to an activating group) is 1. The van der Waals surface area contributed by atoms with E-state index in [1.165, 1.54) is 161 Å². The van der Waals surface area contributed by atoms with Gasteiger partial charge in [0.15, 0.2) is 6.10 Å². The number of quaternary nitrogens is 1. The van der Waals surface area contributed by atoms with E-state index in [1.807, 2.05) is 21.1 Å². The number of rotatable bonds is 43. The van der Waals surface area contributed by atoms with Crippen molar-refractivity contribution in [2.24, 2.45) is 0 Å². The van der Waals surface area contributed by atoms with Crippen LogP contribution in [0.4, 0.5) is 0 Å². The highest BCUT2D eigenvalue weighted by molar-refractivity contribution is 7.45. The molecular formula is C45H90NO8P. The number of hydrogen-bond donors (Lipinski definition) is 0. The maximum absolute atomic E-state index is 12.6. The van der Waals surface area contributed by atoms with Gasteiger partial charge in [0.1, 0.15) is 19.8 Å². The molecule has 0 radical (unpaired) electrons. The van der Waals surface area contributed by atoms with Crippen molar-refractivity contribution < 1.29 is 42.1 Å². The van der Waals surface area contributed by atoms with E-state index in [4.69, 9.17) is 18.5 Å². The Labute approximate surface area is 340 Å². The lowest BCUT2D eigenvalue weighted by atomic mass is 10.0. The van der Waals surface area contributed by atoms with E-state index in [2.05, 4.69) is 13.8 Å². The largest absolute Gasteiger partial charge is 0.756 e. The van der Waals surface area contributed by atoms with Crippen LogP contribution in [-0.4, -0.2) is 70.0 Å². The smallest absolute Gasteiger partial charge is 0.306 e. The van der Waals surface area contributed by atoms with Crippen molar-refractivity contribution in [3.63, 3.8) is 0 Å². The van der Waals surface area contributed by atoms with Crippen LogP contribution in [0, 0.1) is 0 Å². The topological polar surface area (TPSA) is 111 Å². The Morgan fingerprint density at radius 1 is 0.491 bits per heavy atom. The first-order valence-corrected chi connectivity index (χ1v) is 24.7. The van der Waals surface area contributed by atoms with Crippen LogP contribution in [0.25, 0.3) is 0 Å². The Kier molecular flexibility index (Phi) is 37.8. The zero-order valence-corrected chi connectivity index (χ0v) is 37.8. The molecule has 0 rings (SSSR count). The summed E-state index contributed by atoms with van der Waals surface area (Å²) in [4.78, 5) is 37.5. The van der Waals surface area contributed by atoms with Crippen molar-refractivity contribution in [2.75, 3.05) is 47.5 Å². The van der Waals surface area contributed by atoms with Crippen LogP contribution in [0.2, 0.25) is 0 Å². The summed E-state index contributed by atoms with van der Waals surface area (Å²) in [7, 11) is 1.18. The van der Waals surface area contributed by atoms with Crippen LogP contribution < -0.4 is 4.89 Å². The molecule has 0 aromatic carbocycles. The number of carbonyl (C=O) groups excluding carboxylic acids is 2. The van der Waals surface area contributed by atoms with Gasteiger partial charge in [-0.05, 0) is 12.8 Å². The SMILES string of the molecule is CCCCCCCCCCCCCCCCCCCCCCCC(=O)OC[C@@H](COP(=O)([O-])OCC[N+](C)(C)C)OC(=O)CCCCCCCCCCCC. The summed E-state index contributed by atoms with van der Waals surface area (Å²) in [6.07, 6.45) is 38.5. The molecule has 0 N–H and O–H groups in total. The van der Waals surface area contributed by atoms with Gasteiger partial charge in [-0.25, -0.2) is 0 Å². The zero-order chi connectivity index (χ0) is 40.7. The standard InChI is InChI=1S/C45H90NO8P/c1-6-8-10-12-14-16-18-19-20-21-22-23-24-25-26-27-28-30-31-33-35-37-44(47)51-41-43(42-53-55(49,50)52-40-39-46(3,4)5)54-45(48)38-36-34-32-29-17-15-13-11-9-7-2/h43H,6-42H2,1-5H3/t43-/m0/s1. The highest BCUT2D eigenvalue weighted by atomic mass is 31.2. The number of phosphoric ester groups is 1. The van der Waals surface area contributed by atoms with Crippen LogP contribution in [0.15, 0.2) is 0 Å². The van der Waals surface area contributed by atoms with Crippen molar-refractivity contribution in [2.45, 2.75) is 232 Å². The molecule has 0 bridgehead atoms. The molecular weight excluding hydrogens is 713 g/mol. The summed E-state index contributed by atoms with van der Waals surface area (Å²) >= 11 is 0. The Morgan fingerprint density at radius 2 is 0.818 bits per heavy atom. The molecule has 0 aliphatic carbocycles. The van der Waals surface area contributed by atoms with Crippen LogP contribution in [0.3, 0.4) is 0 Å². The molecule has 0 aromatic rings. The van der Waals surface area contributed by atoms with Gasteiger partial charge >= 0.3 is 11.9 Å². The van der Waals surface area contributed by atoms with Crippen LogP contribution in [0.5, 0.6) is 0 Å². The minimum atomic E-state index is -4.61. The summed E-state index contributed by atoms with van der Waals surface area (Å²) in [5, 5.41) is 0. The lowest BCUT2D eigenvalue weighted by Crippen LogP contribution is -2.37. The average Bonchev–Trinajstić information content (AvgIpc) is 3.13. The molecule has 0 fully saturated rings. The van der Waals surface area contributed by atoms with E-state index in [-0.39, 0.29) is 32.0 Å². The molecule has 0 aromatic heterocycles. The van der Waals surface area contributed by atoms with E-state index in [0.29, 0.717) is 17.4 Å². The maximum atomic E-state index is 12.6. The van der Waals surface area contributed by atoms with Crippen molar-refractivity contribution in [3.8, 4) is 0 Å². The third-order valence-corrected chi connectivity index (χ3v) is 11.3. The molecule has 0 spiro atoms. The summed E-state index contributed by atoms with van der Waals surface area (Å²) in [6.45, 7) is 4.25. The van der Waals surface area contributed by atoms with Gasteiger partial charge in [0, 0.05) is 12.8 Å². The van der Waals surface area contributed by atoms with Gasteiger partial charge in [-0.2, -0.15) is 0 Å². The van der Waals surface area contributed by atoms with Gasteiger partial charge in [-0.1, -0.05) is 200 Å². The van der Waals surface area contributed by atoms with Crippen LogP contribution >= 0.6 is 7.82 Å². The van der Waals surface area contributed by atoms with E-state index >= 15 is 0 Å². The second kappa shape index (κ2) is 38.5. The molecule has 0 aliphatic heterocycles. The lowest BCUT2D eigenvalue weighted by molar-refractivity contribution is -0.870. The zero-order valence-electron chi connectivity index (χ0n) is 36.9. The summed E-state index contributed by atoms with van der Waals surface area (Å²) in [5.41, 5.74) is 0. The van der Waals surface area contributed by atoms with E-state index in [9.17, 15) is 19.0 Å². The monoisotopic (exact) mass is 804 g/mol. The van der Waals surface area contributed by atoms with Gasteiger partial charge in [0.2, 0.25) is 0 Å². The molecule has 0 heterocycles. The Hall–Kier alpha value is -0.990. The average molecular weight is 804 g/mol. The second-order valence-electron chi connectivity index (χ2n) is 17.1. The first-order valence-electron chi connectivity index (χ1n) is 23.2. The number of unbranched alkanes of at least 4 members (excludes halogenated alkanes) is 29. The second-order valence-corrected chi connectivity index (χ2v) is 18.5. The normalized spacial score (nSPS) is 13.5. The van der Waals surface area contributed by atoms with Gasteiger partial charge in [-0.15, -0.1) is 0 Å². The highest BCUT2D eigenvalue weighted by Crippen LogP contribution is 2.38. The fourth-order valence-electron chi connectivity index (χ4n) is 6.72. The lowest BCUT2D eigenvalue weighted by Gasteiger charge is -2.28. The van der Waals surface area contributed by atoms with Crippen molar-refractivity contribution in [1.29, 1.82) is 0 Å². The van der Waals surface area contributed by atoms with Crippen molar-refractivity contribution in [3.05, 3.63) is 0 Å². The predicted molar refractivity (Wildman–Crippen MR) is 227 cm³/mol. The van der Waals surface area contributed by atoms with Crippen LogP contribution in [-0.2, 0) is 32.7 Å². The maximum Gasteiger partial charge on any atom is 0.306 e. The van der Waals surface area contributed by atoms with Gasteiger partial charge in [0.05, 0.1) is 27.7 Å². The minimum Gasteiger partial charge on any atom is -0.756 e. The summed E-state index contributed by atoms with van der Waals surface area (Å²) < 4.78 is 33.9. The molecule has 55 heavy (non-hydrogen) atoms. The summed E-state index contributed by atoms with van der Waals surface area (Å²) in [6, 6.07) is 0. The van der Waals surface area contributed by atoms with Crippen molar-refractivity contribution in [1.82, 2.24) is 0 Å². The van der Waals surface area contributed by atoms with E-state index in [0.717, 1.165) is 32.1 Å². The fraction of sp³-hybridized carbons (Fsp3) is 0.956. The first-order chi connectivity index (χ1) is 26.5. The molecule has 0 saturated carbocycles. The highest BCUT2D eigenvalue weighted by Gasteiger charge is 2.21. The molecule has 0 aliphatic rings. The molecule has 9 nitrogen and oxygen atoms in total. The molecule has 10 heteroatoms. The third kappa shape index (κ3) is 42.4.